The summed E-state index contributed by atoms with van der Waals surface area (Å²) in [6.45, 7) is 6.10. The molecule has 2 N–H and O–H groups in total. The summed E-state index contributed by atoms with van der Waals surface area (Å²) >= 11 is 0. The predicted molar refractivity (Wildman–Crippen MR) is 104 cm³/mol. The summed E-state index contributed by atoms with van der Waals surface area (Å²) in [6.07, 6.45) is 0.827. The molecule has 1 saturated heterocycles. The van der Waals surface area contributed by atoms with Crippen LogP contribution in [0.4, 0.5) is 10.5 Å². The van der Waals surface area contributed by atoms with Crippen LogP contribution in [0.1, 0.15) is 32.3 Å². The molecule has 0 radical (unpaired) electrons. The van der Waals surface area contributed by atoms with E-state index in [2.05, 4.69) is 10.6 Å². The molecule has 1 fully saturated rings. The highest BCUT2D eigenvalue weighted by atomic mass is 16.5. The van der Waals surface area contributed by atoms with Crippen LogP contribution in [-0.4, -0.2) is 43.5 Å². The molecule has 8 nitrogen and oxygen atoms in total. The van der Waals surface area contributed by atoms with Crippen molar-refractivity contribution < 1.29 is 23.9 Å². The molecule has 0 aromatic heterocycles. The highest BCUT2D eigenvalue weighted by molar-refractivity contribution is 6.00. The van der Waals surface area contributed by atoms with Crippen molar-refractivity contribution in [2.75, 3.05) is 24.6 Å². The largest absolute Gasteiger partial charge is 0.455 e. The Morgan fingerprint density at radius 1 is 1.21 bits per heavy atom. The molecule has 1 aliphatic rings. The number of imide groups is 1. The van der Waals surface area contributed by atoms with Gasteiger partial charge < -0.3 is 15.0 Å². The summed E-state index contributed by atoms with van der Waals surface area (Å²) in [6, 6.07) is 6.82. The molecule has 1 aromatic rings. The maximum Gasteiger partial charge on any atom is 0.321 e. The van der Waals surface area contributed by atoms with Gasteiger partial charge in [-0.05, 0) is 31.4 Å². The van der Waals surface area contributed by atoms with Crippen LogP contribution in [0, 0.1) is 18.8 Å². The molecule has 1 aromatic carbocycles. The van der Waals surface area contributed by atoms with Gasteiger partial charge in [0, 0.05) is 25.2 Å². The third-order valence-corrected chi connectivity index (χ3v) is 4.41. The Hall–Kier alpha value is -2.90. The number of benzene rings is 1. The predicted octanol–water partition coefficient (Wildman–Crippen LogP) is 1.76. The lowest BCUT2D eigenvalue weighted by Gasteiger charge is -2.16. The quantitative estimate of drug-likeness (QED) is 0.692. The summed E-state index contributed by atoms with van der Waals surface area (Å²) in [4.78, 5) is 49.2. The van der Waals surface area contributed by atoms with Crippen molar-refractivity contribution in [3.05, 3.63) is 29.8 Å². The number of esters is 1. The first-order valence-electron chi connectivity index (χ1n) is 9.37. The zero-order valence-corrected chi connectivity index (χ0v) is 16.5. The van der Waals surface area contributed by atoms with Crippen molar-refractivity contribution in [2.24, 2.45) is 11.8 Å². The minimum absolute atomic E-state index is 0.0318. The molecule has 2 rings (SSSR count). The Labute approximate surface area is 164 Å². The van der Waals surface area contributed by atoms with E-state index in [1.165, 1.54) is 4.90 Å². The van der Waals surface area contributed by atoms with Gasteiger partial charge in [-0.2, -0.15) is 0 Å². The lowest BCUT2D eigenvalue weighted by atomic mass is 10.1. The molecule has 0 saturated carbocycles. The van der Waals surface area contributed by atoms with Gasteiger partial charge in [0.2, 0.25) is 5.91 Å². The highest BCUT2D eigenvalue weighted by Crippen LogP contribution is 2.26. The first kappa shape index (κ1) is 21.4. The number of ether oxygens (including phenoxy) is 1. The second-order valence-corrected chi connectivity index (χ2v) is 7.34. The molecule has 8 heteroatoms. The Morgan fingerprint density at radius 2 is 1.89 bits per heavy atom. The van der Waals surface area contributed by atoms with Crippen LogP contribution in [-0.2, 0) is 19.1 Å². The molecule has 152 valence electrons. The molecule has 1 atom stereocenters. The number of aryl methyl sites for hydroxylation is 1. The van der Waals surface area contributed by atoms with Crippen LogP contribution >= 0.6 is 0 Å². The fourth-order valence-electron chi connectivity index (χ4n) is 2.78. The van der Waals surface area contributed by atoms with Crippen molar-refractivity contribution in [1.82, 2.24) is 10.6 Å². The molecule has 0 spiro atoms. The van der Waals surface area contributed by atoms with E-state index < -0.39 is 30.4 Å². The van der Waals surface area contributed by atoms with Gasteiger partial charge in [-0.25, -0.2) is 4.79 Å². The van der Waals surface area contributed by atoms with Crippen LogP contribution in [0.5, 0.6) is 0 Å². The smallest absolute Gasteiger partial charge is 0.321 e. The topological polar surface area (TPSA) is 105 Å². The summed E-state index contributed by atoms with van der Waals surface area (Å²) in [5, 5.41) is 4.66. The number of hydrogen-bond donors (Lipinski definition) is 2. The average molecular weight is 389 g/mol. The van der Waals surface area contributed by atoms with Crippen molar-refractivity contribution in [3.8, 4) is 0 Å². The van der Waals surface area contributed by atoms with Crippen molar-refractivity contribution in [2.45, 2.75) is 33.6 Å². The third kappa shape index (κ3) is 6.37. The molecule has 0 unspecified atom stereocenters. The molecular formula is C20H27N3O5. The van der Waals surface area contributed by atoms with Crippen LogP contribution in [0.15, 0.2) is 24.3 Å². The van der Waals surface area contributed by atoms with Crippen molar-refractivity contribution in [1.29, 1.82) is 0 Å². The SMILES string of the molecule is Cc1ccc(N2C[C@@H](C(=O)OCC(=O)NC(=O)NCCC(C)C)CC2=O)cc1. The Balaban J connectivity index is 1.75. The van der Waals surface area contributed by atoms with E-state index in [1.807, 2.05) is 45.0 Å². The van der Waals surface area contributed by atoms with E-state index in [0.717, 1.165) is 17.7 Å². The number of nitrogens with zero attached hydrogens (tertiary/aromatic N) is 1. The van der Waals surface area contributed by atoms with Gasteiger partial charge in [-0.15, -0.1) is 0 Å². The number of amides is 4. The van der Waals surface area contributed by atoms with Crippen molar-refractivity contribution >= 4 is 29.5 Å². The number of anilines is 1. The molecular weight excluding hydrogens is 362 g/mol. The standard InChI is InChI=1S/C20H27N3O5/c1-13(2)8-9-21-20(27)22-17(24)12-28-19(26)15-10-18(25)23(11-15)16-6-4-14(3)5-7-16/h4-7,13,15H,8-12H2,1-3H3,(H2,21,22,24,27)/t15-/m0/s1. The molecule has 1 aliphatic heterocycles. The second kappa shape index (κ2) is 9.87. The van der Waals surface area contributed by atoms with Gasteiger partial charge in [0.25, 0.3) is 5.91 Å². The van der Waals surface area contributed by atoms with E-state index in [4.69, 9.17) is 4.74 Å². The maximum absolute atomic E-state index is 12.2. The summed E-state index contributed by atoms with van der Waals surface area (Å²) in [7, 11) is 0. The van der Waals surface area contributed by atoms with E-state index in [9.17, 15) is 19.2 Å². The summed E-state index contributed by atoms with van der Waals surface area (Å²) < 4.78 is 4.97. The van der Waals surface area contributed by atoms with Crippen LogP contribution in [0.3, 0.4) is 0 Å². The van der Waals surface area contributed by atoms with E-state index in [0.29, 0.717) is 12.5 Å². The van der Waals surface area contributed by atoms with Gasteiger partial charge in [0.1, 0.15) is 0 Å². The summed E-state index contributed by atoms with van der Waals surface area (Å²) in [5.41, 5.74) is 1.80. The number of urea groups is 1. The Morgan fingerprint density at radius 3 is 2.54 bits per heavy atom. The number of hydrogen-bond acceptors (Lipinski definition) is 5. The van der Waals surface area contributed by atoms with Gasteiger partial charge in [0.05, 0.1) is 5.92 Å². The number of carbonyl (C=O) groups excluding carboxylic acids is 4. The fourth-order valence-corrected chi connectivity index (χ4v) is 2.78. The Bertz CT molecular complexity index is 730. The normalized spacial score (nSPS) is 16.2. The molecule has 1 heterocycles. The highest BCUT2D eigenvalue weighted by Gasteiger charge is 2.36. The number of carbonyl (C=O) groups is 4. The zero-order valence-electron chi connectivity index (χ0n) is 16.5. The lowest BCUT2D eigenvalue weighted by Crippen LogP contribution is -2.42. The number of nitrogens with one attached hydrogen (secondary N) is 2. The molecule has 28 heavy (non-hydrogen) atoms. The van der Waals surface area contributed by atoms with Gasteiger partial charge in [0.15, 0.2) is 6.61 Å². The van der Waals surface area contributed by atoms with E-state index >= 15 is 0 Å². The summed E-state index contributed by atoms with van der Waals surface area (Å²) in [5.74, 6) is -1.71. The first-order valence-corrected chi connectivity index (χ1v) is 9.37. The molecule has 0 aliphatic carbocycles. The van der Waals surface area contributed by atoms with Crippen LogP contribution in [0.25, 0.3) is 0 Å². The van der Waals surface area contributed by atoms with Crippen LogP contribution < -0.4 is 15.5 Å². The van der Waals surface area contributed by atoms with Crippen molar-refractivity contribution in [3.63, 3.8) is 0 Å². The minimum atomic E-state index is -0.713. The minimum Gasteiger partial charge on any atom is -0.455 e. The maximum atomic E-state index is 12.2. The zero-order chi connectivity index (χ0) is 20.7. The second-order valence-electron chi connectivity index (χ2n) is 7.34. The first-order chi connectivity index (χ1) is 13.3. The average Bonchev–Trinajstić information content (AvgIpc) is 3.02. The lowest BCUT2D eigenvalue weighted by molar-refractivity contribution is -0.152. The monoisotopic (exact) mass is 389 g/mol. The molecule has 0 bridgehead atoms. The van der Waals surface area contributed by atoms with E-state index in [-0.39, 0.29) is 18.9 Å². The van der Waals surface area contributed by atoms with Gasteiger partial charge >= 0.3 is 12.0 Å². The number of rotatable bonds is 7. The van der Waals surface area contributed by atoms with Gasteiger partial charge in [-0.3, -0.25) is 19.7 Å². The third-order valence-electron chi connectivity index (χ3n) is 4.41. The fraction of sp³-hybridized carbons (Fsp3) is 0.500. The Kier molecular flexibility index (Phi) is 7.54. The van der Waals surface area contributed by atoms with E-state index in [1.54, 1.807) is 0 Å². The van der Waals surface area contributed by atoms with Gasteiger partial charge in [-0.1, -0.05) is 31.5 Å². The molecule has 4 amide bonds. The van der Waals surface area contributed by atoms with Crippen LogP contribution in [0.2, 0.25) is 0 Å².